The van der Waals surface area contributed by atoms with E-state index in [9.17, 15) is 4.79 Å². The molecule has 5 heteroatoms. The number of carbonyl (C=O) groups is 1. The number of aromatic hydroxyl groups is 1. The van der Waals surface area contributed by atoms with Crippen molar-refractivity contribution in [3.63, 3.8) is 0 Å². The number of hydrogen-bond acceptors (Lipinski definition) is 3. The van der Waals surface area contributed by atoms with Crippen molar-refractivity contribution in [3.05, 3.63) is 64.7 Å². The van der Waals surface area contributed by atoms with Gasteiger partial charge in [0.1, 0.15) is 5.75 Å². The first-order valence-electron chi connectivity index (χ1n) is 5.96. The summed E-state index contributed by atoms with van der Waals surface area (Å²) in [6.45, 7) is 1.79. The normalized spacial score (nSPS) is 11.2. The Balaban J connectivity index is 2.06. The summed E-state index contributed by atoms with van der Waals surface area (Å²) >= 11 is 5.81. The van der Waals surface area contributed by atoms with Gasteiger partial charge in [0.2, 0.25) is 0 Å². The zero-order chi connectivity index (χ0) is 14.5. The molecule has 0 bridgehead atoms. The van der Waals surface area contributed by atoms with Crippen molar-refractivity contribution in [2.24, 2.45) is 5.10 Å². The molecule has 0 saturated heterocycles. The van der Waals surface area contributed by atoms with E-state index in [0.717, 1.165) is 5.56 Å². The molecule has 102 valence electrons. The van der Waals surface area contributed by atoms with Crippen molar-refractivity contribution in [3.8, 4) is 5.75 Å². The second-order valence-corrected chi connectivity index (χ2v) is 4.63. The van der Waals surface area contributed by atoms with Crippen molar-refractivity contribution in [1.29, 1.82) is 0 Å². The van der Waals surface area contributed by atoms with Crippen molar-refractivity contribution >= 4 is 23.2 Å². The number of nitrogens with zero attached hydrogens (tertiary/aromatic N) is 1. The standard InChI is InChI=1S/C15H13ClN2O2/c1-10(11-2-6-13(16)7-3-11)17-18-15(20)12-4-8-14(19)9-5-12/h2-9,19H,1H3,(H,18,20). The molecule has 4 nitrogen and oxygen atoms in total. The molecular weight excluding hydrogens is 276 g/mol. The summed E-state index contributed by atoms with van der Waals surface area (Å²) in [6, 6.07) is 13.1. The molecule has 2 N–H and O–H groups in total. The Morgan fingerprint density at radius 1 is 1.05 bits per heavy atom. The predicted octanol–water partition coefficient (Wildman–Crippen LogP) is 3.20. The van der Waals surface area contributed by atoms with Crippen LogP contribution in [0, 0.1) is 0 Å². The molecule has 20 heavy (non-hydrogen) atoms. The van der Waals surface area contributed by atoms with Gasteiger partial charge >= 0.3 is 0 Å². The Morgan fingerprint density at radius 3 is 2.20 bits per heavy atom. The SMILES string of the molecule is CC(=NNC(=O)c1ccc(O)cc1)c1ccc(Cl)cc1. The van der Waals surface area contributed by atoms with Gasteiger partial charge in [-0.2, -0.15) is 5.10 Å². The number of phenolic OH excluding ortho intramolecular Hbond substituents is 1. The smallest absolute Gasteiger partial charge is 0.271 e. The Morgan fingerprint density at radius 2 is 1.60 bits per heavy atom. The maximum absolute atomic E-state index is 11.8. The monoisotopic (exact) mass is 288 g/mol. The first-order chi connectivity index (χ1) is 9.56. The van der Waals surface area contributed by atoms with Crippen LogP contribution in [0.5, 0.6) is 5.75 Å². The highest BCUT2D eigenvalue weighted by atomic mass is 35.5. The third-order valence-electron chi connectivity index (χ3n) is 2.72. The van der Waals surface area contributed by atoms with Crippen molar-refractivity contribution in [1.82, 2.24) is 5.43 Å². The predicted molar refractivity (Wildman–Crippen MR) is 79.2 cm³/mol. The molecule has 0 atom stereocenters. The van der Waals surface area contributed by atoms with E-state index in [2.05, 4.69) is 10.5 Å². The Kier molecular flexibility index (Phi) is 4.38. The lowest BCUT2D eigenvalue weighted by Crippen LogP contribution is -2.19. The van der Waals surface area contributed by atoms with Crippen molar-refractivity contribution in [2.75, 3.05) is 0 Å². The Labute approximate surface area is 121 Å². The second-order valence-electron chi connectivity index (χ2n) is 4.19. The van der Waals surface area contributed by atoms with Gasteiger partial charge in [0.05, 0.1) is 5.71 Å². The maximum atomic E-state index is 11.8. The quantitative estimate of drug-likeness (QED) is 0.673. The number of hydrogen-bond donors (Lipinski definition) is 2. The van der Waals surface area contributed by atoms with Crippen LogP contribution in [-0.4, -0.2) is 16.7 Å². The summed E-state index contributed by atoms with van der Waals surface area (Å²) in [4.78, 5) is 11.8. The number of rotatable bonds is 3. The minimum absolute atomic E-state index is 0.113. The Bertz CT molecular complexity index is 634. The molecule has 0 aliphatic carbocycles. The number of hydrazone groups is 1. The molecule has 0 unspecified atom stereocenters. The van der Waals surface area contributed by atoms with Crippen LogP contribution in [0.4, 0.5) is 0 Å². The first kappa shape index (κ1) is 14.1. The molecule has 2 aromatic carbocycles. The number of carbonyl (C=O) groups excluding carboxylic acids is 1. The number of nitrogens with one attached hydrogen (secondary N) is 1. The average molecular weight is 289 g/mol. The fourth-order valence-electron chi connectivity index (χ4n) is 1.57. The van der Waals surface area contributed by atoms with Crippen molar-refractivity contribution in [2.45, 2.75) is 6.92 Å². The molecule has 2 aromatic rings. The highest BCUT2D eigenvalue weighted by molar-refractivity contribution is 6.30. The second kappa shape index (κ2) is 6.21. The van der Waals surface area contributed by atoms with Gasteiger partial charge in [0, 0.05) is 10.6 Å². The number of benzene rings is 2. The van der Waals surface area contributed by atoms with E-state index in [-0.39, 0.29) is 11.7 Å². The van der Waals surface area contributed by atoms with Gasteiger partial charge in [-0.15, -0.1) is 0 Å². The van der Waals surface area contributed by atoms with E-state index in [0.29, 0.717) is 16.3 Å². The van der Waals surface area contributed by atoms with Crippen LogP contribution >= 0.6 is 11.6 Å². The van der Waals surface area contributed by atoms with E-state index in [1.165, 1.54) is 24.3 Å². The fourth-order valence-corrected chi connectivity index (χ4v) is 1.69. The van der Waals surface area contributed by atoms with Crippen LogP contribution in [0.15, 0.2) is 53.6 Å². The van der Waals surface area contributed by atoms with Gasteiger partial charge in [0.25, 0.3) is 5.91 Å². The lowest BCUT2D eigenvalue weighted by molar-refractivity contribution is 0.0955. The van der Waals surface area contributed by atoms with Gasteiger partial charge in [-0.25, -0.2) is 5.43 Å². The largest absolute Gasteiger partial charge is 0.508 e. The number of phenols is 1. The highest BCUT2D eigenvalue weighted by Crippen LogP contribution is 2.11. The summed E-state index contributed by atoms with van der Waals surface area (Å²) < 4.78 is 0. The molecule has 0 aromatic heterocycles. The van der Waals surface area contributed by atoms with Gasteiger partial charge in [-0.3, -0.25) is 4.79 Å². The van der Waals surface area contributed by atoms with Gasteiger partial charge in [-0.05, 0) is 48.9 Å². The number of halogens is 1. The van der Waals surface area contributed by atoms with E-state index < -0.39 is 0 Å². The minimum Gasteiger partial charge on any atom is -0.508 e. The van der Waals surface area contributed by atoms with Crippen LogP contribution in [-0.2, 0) is 0 Å². The molecule has 0 aliphatic rings. The molecule has 0 fully saturated rings. The van der Waals surface area contributed by atoms with Crippen LogP contribution in [0.25, 0.3) is 0 Å². The summed E-state index contributed by atoms with van der Waals surface area (Å²) in [6.07, 6.45) is 0. The van der Waals surface area contributed by atoms with E-state index >= 15 is 0 Å². The van der Waals surface area contributed by atoms with Crippen molar-refractivity contribution < 1.29 is 9.90 Å². The lowest BCUT2D eigenvalue weighted by Gasteiger charge is -2.03. The van der Waals surface area contributed by atoms with Crippen LogP contribution in [0.3, 0.4) is 0 Å². The van der Waals surface area contributed by atoms with Gasteiger partial charge < -0.3 is 5.11 Å². The maximum Gasteiger partial charge on any atom is 0.271 e. The topological polar surface area (TPSA) is 61.7 Å². The van der Waals surface area contributed by atoms with E-state index in [1.54, 1.807) is 19.1 Å². The lowest BCUT2D eigenvalue weighted by atomic mass is 10.1. The first-order valence-corrected chi connectivity index (χ1v) is 6.33. The highest BCUT2D eigenvalue weighted by Gasteiger charge is 2.04. The van der Waals surface area contributed by atoms with Gasteiger partial charge in [0.15, 0.2) is 0 Å². The minimum atomic E-state index is -0.335. The van der Waals surface area contributed by atoms with Crippen LogP contribution < -0.4 is 5.43 Å². The average Bonchev–Trinajstić information content (AvgIpc) is 2.46. The fraction of sp³-hybridized carbons (Fsp3) is 0.0667. The van der Waals surface area contributed by atoms with Crippen LogP contribution in [0.2, 0.25) is 5.02 Å². The van der Waals surface area contributed by atoms with E-state index in [4.69, 9.17) is 16.7 Å². The summed E-state index contributed by atoms with van der Waals surface area (Å²) in [7, 11) is 0. The molecule has 0 spiro atoms. The third-order valence-corrected chi connectivity index (χ3v) is 2.97. The summed E-state index contributed by atoms with van der Waals surface area (Å²) in [5, 5.41) is 13.8. The number of amides is 1. The van der Waals surface area contributed by atoms with E-state index in [1.807, 2.05) is 12.1 Å². The molecular formula is C15H13ClN2O2. The summed E-state index contributed by atoms with van der Waals surface area (Å²) in [5.74, 6) is -0.222. The molecule has 0 aliphatic heterocycles. The van der Waals surface area contributed by atoms with Gasteiger partial charge in [-0.1, -0.05) is 23.7 Å². The van der Waals surface area contributed by atoms with Crippen LogP contribution in [0.1, 0.15) is 22.8 Å². The third kappa shape index (κ3) is 3.59. The molecule has 0 radical (unpaired) electrons. The molecule has 0 heterocycles. The molecule has 1 amide bonds. The molecule has 0 saturated carbocycles. The molecule has 2 rings (SSSR count). The Hall–Kier alpha value is -2.33. The zero-order valence-corrected chi connectivity index (χ0v) is 11.6. The summed E-state index contributed by atoms with van der Waals surface area (Å²) in [5.41, 5.74) is 4.44. The zero-order valence-electron chi connectivity index (χ0n) is 10.8.